The van der Waals surface area contributed by atoms with Gasteiger partial charge in [0.05, 0.1) is 18.1 Å². The van der Waals surface area contributed by atoms with Crippen molar-refractivity contribution in [2.24, 2.45) is 5.41 Å². The van der Waals surface area contributed by atoms with Crippen molar-refractivity contribution in [1.82, 2.24) is 9.80 Å². The number of ether oxygens (including phenoxy) is 3. The summed E-state index contributed by atoms with van der Waals surface area (Å²) in [5.74, 6) is 0.166. The monoisotopic (exact) mass is 412 g/mol. The van der Waals surface area contributed by atoms with Gasteiger partial charge in [-0.25, -0.2) is 4.79 Å². The Bertz CT molecular complexity index is 538. The van der Waals surface area contributed by atoms with E-state index >= 15 is 0 Å². The maximum Gasteiger partial charge on any atom is 0.410 e. The number of methoxy groups -OCH3 is 1. The van der Waals surface area contributed by atoms with Crippen molar-refractivity contribution < 1.29 is 23.8 Å². The van der Waals surface area contributed by atoms with E-state index in [0.29, 0.717) is 32.5 Å². The van der Waals surface area contributed by atoms with Crippen LogP contribution in [0.4, 0.5) is 4.79 Å². The highest BCUT2D eigenvalue weighted by atomic mass is 16.6. The first-order valence-electron chi connectivity index (χ1n) is 11.1. The number of amides is 2. The molecule has 0 aromatic heterocycles. The lowest BCUT2D eigenvalue weighted by Crippen LogP contribution is -2.54. The molecule has 29 heavy (non-hydrogen) atoms. The summed E-state index contributed by atoms with van der Waals surface area (Å²) in [6.07, 6.45) is 5.03. The lowest BCUT2D eigenvalue weighted by molar-refractivity contribution is -0.149. The van der Waals surface area contributed by atoms with E-state index in [0.717, 1.165) is 45.4 Å². The Morgan fingerprint density at radius 1 is 1.03 bits per heavy atom. The van der Waals surface area contributed by atoms with Gasteiger partial charge in [0.2, 0.25) is 5.91 Å². The summed E-state index contributed by atoms with van der Waals surface area (Å²) >= 11 is 0. The van der Waals surface area contributed by atoms with E-state index in [1.165, 1.54) is 0 Å². The number of rotatable bonds is 6. The van der Waals surface area contributed by atoms with Crippen LogP contribution in [0, 0.1) is 5.41 Å². The van der Waals surface area contributed by atoms with Crippen LogP contribution in [-0.4, -0.2) is 80.0 Å². The van der Waals surface area contributed by atoms with Crippen molar-refractivity contribution >= 4 is 12.0 Å². The molecule has 0 spiro atoms. The first-order chi connectivity index (χ1) is 13.7. The van der Waals surface area contributed by atoms with Gasteiger partial charge in [0.25, 0.3) is 0 Å². The standard InChI is InChI=1S/C22H40N2O5/c1-6-16-28-18-8-7-12-23(13-9-18)19(25)22(17-27-5)10-14-24(15-11-22)20(26)29-21(2,3)4/h18H,6-17H2,1-5H3/t18-/m0/s1. The molecule has 0 aliphatic carbocycles. The summed E-state index contributed by atoms with van der Waals surface area (Å²) in [4.78, 5) is 29.6. The van der Waals surface area contributed by atoms with Gasteiger partial charge in [0.15, 0.2) is 0 Å². The molecule has 2 amide bonds. The molecule has 0 unspecified atom stereocenters. The lowest BCUT2D eigenvalue weighted by Gasteiger charge is -2.42. The smallest absolute Gasteiger partial charge is 0.410 e. The number of carbonyl (C=O) groups excluding carboxylic acids is 2. The second-order valence-electron chi connectivity index (χ2n) is 9.40. The predicted octanol–water partition coefficient (Wildman–Crippen LogP) is 3.46. The number of likely N-dealkylation sites (tertiary alicyclic amines) is 2. The molecule has 2 fully saturated rings. The van der Waals surface area contributed by atoms with Gasteiger partial charge in [-0.15, -0.1) is 0 Å². The van der Waals surface area contributed by atoms with Crippen LogP contribution in [0.5, 0.6) is 0 Å². The Balaban J connectivity index is 1.98. The fourth-order valence-corrected chi connectivity index (χ4v) is 4.20. The zero-order valence-corrected chi connectivity index (χ0v) is 19.0. The number of piperidine rings is 1. The molecule has 7 heteroatoms. The van der Waals surface area contributed by atoms with Gasteiger partial charge in [-0.05, 0) is 59.3 Å². The number of hydrogen-bond acceptors (Lipinski definition) is 5. The molecule has 7 nitrogen and oxygen atoms in total. The molecular formula is C22H40N2O5. The summed E-state index contributed by atoms with van der Waals surface area (Å²) < 4.78 is 16.9. The Kier molecular flexibility index (Phi) is 8.76. The third-order valence-electron chi connectivity index (χ3n) is 5.77. The minimum Gasteiger partial charge on any atom is -0.444 e. The van der Waals surface area contributed by atoms with E-state index < -0.39 is 11.0 Å². The number of nitrogens with zero attached hydrogens (tertiary/aromatic N) is 2. The second kappa shape index (κ2) is 10.6. The fraction of sp³-hybridized carbons (Fsp3) is 0.909. The van der Waals surface area contributed by atoms with Gasteiger partial charge < -0.3 is 24.0 Å². The van der Waals surface area contributed by atoms with Crippen molar-refractivity contribution in [1.29, 1.82) is 0 Å². The molecule has 0 saturated carbocycles. The average molecular weight is 413 g/mol. The van der Waals surface area contributed by atoms with E-state index in [4.69, 9.17) is 14.2 Å². The first-order valence-corrected chi connectivity index (χ1v) is 11.1. The molecule has 0 aromatic carbocycles. The zero-order valence-electron chi connectivity index (χ0n) is 19.0. The summed E-state index contributed by atoms with van der Waals surface area (Å²) in [5, 5.41) is 0. The molecule has 0 bridgehead atoms. The zero-order chi connectivity index (χ0) is 21.5. The van der Waals surface area contributed by atoms with E-state index in [9.17, 15) is 9.59 Å². The molecule has 2 aliphatic heterocycles. The molecule has 0 N–H and O–H groups in total. The highest BCUT2D eigenvalue weighted by molar-refractivity contribution is 5.83. The van der Waals surface area contributed by atoms with Crippen LogP contribution < -0.4 is 0 Å². The van der Waals surface area contributed by atoms with Crippen molar-refractivity contribution in [3.05, 3.63) is 0 Å². The van der Waals surface area contributed by atoms with Crippen molar-refractivity contribution in [3.8, 4) is 0 Å². The van der Waals surface area contributed by atoms with Gasteiger partial charge in [-0.1, -0.05) is 6.92 Å². The molecular weight excluding hydrogens is 372 g/mol. The van der Waals surface area contributed by atoms with Gasteiger partial charge in [-0.2, -0.15) is 0 Å². The topological polar surface area (TPSA) is 68.3 Å². The minimum atomic E-state index is -0.558. The normalized spacial score (nSPS) is 22.9. The Hall–Kier alpha value is -1.34. The van der Waals surface area contributed by atoms with Crippen LogP contribution in [0.15, 0.2) is 0 Å². The maximum atomic E-state index is 13.5. The van der Waals surface area contributed by atoms with E-state index in [2.05, 4.69) is 6.92 Å². The van der Waals surface area contributed by atoms with E-state index in [1.54, 1.807) is 12.0 Å². The largest absolute Gasteiger partial charge is 0.444 e. The fourth-order valence-electron chi connectivity index (χ4n) is 4.20. The third-order valence-corrected chi connectivity index (χ3v) is 5.77. The van der Waals surface area contributed by atoms with E-state index in [1.807, 2.05) is 25.7 Å². The molecule has 2 rings (SSSR count). The van der Waals surface area contributed by atoms with Gasteiger partial charge in [0.1, 0.15) is 5.60 Å². The third kappa shape index (κ3) is 6.85. The Morgan fingerprint density at radius 2 is 1.72 bits per heavy atom. The molecule has 0 radical (unpaired) electrons. The highest BCUT2D eigenvalue weighted by Gasteiger charge is 2.45. The molecule has 1 atom stereocenters. The minimum absolute atomic E-state index is 0.166. The van der Waals surface area contributed by atoms with Crippen molar-refractivity contribution in [3.63, 3.8) is 0 Å². The van der Waals surface area contributed by atoms with E-state index in [-0.39, 0.29) is 18.1 Å². The van der Waals surface area contributed by atoms with Crippen molar-refractivity contribution in [2.75, 3.05) is 46.5 Å². The summed E-state index contributed by atoms with van der Waals surface area (Å²) in [7, 11) is 1.65. The van der Waals surface area contributed by atoms with Crippen LogP contribution in [0.1, 0.15) is 66.2 Å². The quantitative estimate of drug-likeness (QED) is 0.668. The second-order valence-corrected chi connectivity index (χ2v) is 9.40. The Morgan fingerprint density at radius 3 is 2.31 bits per heavy atom. The molecule has 168 valence electrons. The number of carbonyl (C=O) groups is 2. The van der Waals surface area contributed by atoms with Crippen LogP contribution in [0.3, 0.4) is 0 Å². The van der Waals surface area contributed by atoms with Gasteiger partial charge in [0, 0.05) is 39.9 Å². The molecule has 0 aromatic rings. The number of hydrogen-bond donors (Lipinski definition) is 0. The molecule has 2 saturated heterocycles. The summed E-state index contributed by atoms with van der Waals surface area (Å²) in [5.41, 5.74) is -1.08. The SMILES string of the molecule is CCCO[C@H]1CCCN(C(=O)C2(COC)CCN(C(=O)OC(C)(C)C)CC2)CC1. The van der Waals surface area contributed by atoms with Crippen LogP contribution in [-0.2, 0) is 19.0 Å². The molecule has 2 aliphatic rings. The maximum absolute atomic E-state index is 13.5. The summed E-state index contributed by atoms with van der Waals surface area (Å²) in [6, 6.07) is 0. The predicted molar refractivity (Wildman–Crippen MR) is 112 cm³/mol. The van der Waals surface area contributed by atoms with Crippen LogP contribution in [0.25, 0.3) is 0 Å². The van der Waals surface area contributed by atoms with Gasteiger partial charge >= 0.3 is 6.09 Å². The summed E-state index contributed by atoms with van der Waals surface area (Å²) in [6.45, 7) is 11.4. The average Bonchev–Trinajstić information content (AvgIpc) is 2.90. The highest BCUT2D eigenvalue weighted by Crippen LogP contribution is 2.35. The van der Waals surface area contributed by atoms with Gasteiger partial charge in [-0.3, -0.25) is 4.79 Å². The van der Waals surface area contributed by atoms with Crippen LogP contribution in [0.2, 0.25) is 0 Å². The van der Waals surface area contributed by atoms with Crippen molar-refractivity contribution in [2.45, 2.75) is 77.9 Å². The first kappa shape index (κ1) is 23.9. The Labute approximate surface area is 176 Å². The molecule has 2 heterocycles. The lowest BCUT2D eigenvalue weighted by atomic mass is 9.77. The van der Waals surface area contributed by atoms with Crippen LogP contribution >= 0.6 is 0 Å².